The second-order valence-electron chi connectivity index (χ2n) is 2.34. The van der Waals surface area contributed by atoms with E-state index in [1.165, 1.54) is 0 Å². The molecule has 60 valence electrons. The van der Waals surface area contributed by atoms with E-state index in [2.05, 4.69) is 11.1 Å². The fourth-order valence-corrected chi connectivity index (χ4v) is 0.764. The fraction of sp³-hybridized carbons (Fsp3) is 0.857. The predicted octanol–water partition coefficient (Wildman–Crippen LogP) is -0.465. The van der Waals surface area contributed by atoms with Crippen LogP contribution in [0.4, 0.5) is 0 Å². The number of hydrogen-bond donors (Lipinski definition) is 2. The van der Waals surface area contributed by atoms with Gasteiger partial charge in [0.25, 0.3) is 0 Å². The summed E-state index contributed by atoms with van der Waals surface area (Å²) in [5.41, 5.74) is 3.72. The van der Waals surface area contributed by atoms with Crippen LogP contribution in [0.5, 0.6) is 0 Å². The molecule has 1 amide bonds. The van der Waals surface area contributed by atoms with Crippen molar-refractivity contribution in [1.29, 1.82) is 0 Å². The summed E-state index contributed by atoms with van der Waals surface area (Å²) in [6.07, 6.45) is 3.92. The molecule has 0 aromatic heterocycles. The summed E-state index contributed by atoms with van der Waals surface area (Å²) in [6, 6.07) is 0. The molecule has 4 N–H and O–H groups in total. The van der Waals surface area contributed by atoms with Gasteiger partial charge in [0.2, 0.25) is 5.91 Å². The Hall–Kier alpha value is -0.570. The van der Waals surface area contributed by atoms with Crippen LogP contribution in [-0.4, -0.2) is 19.5 Å². The molecule has 0 aromatic carbocycles. The van der Waals surface area contributed by atoms with Gasteiger partial charge in [0.15, 0.2) is 0 Å². The molecule has 3 nitrogen and oxygen atoms in total. The van der Waals surface area contributed by atoms with Crippen LogP contribution in [0.2, 0.25) is 0 Å². The first-order chi connectivity index (χ1) is 4.81. The molecule has 0 aromatic rings. The molecule has 3 heteroatoms. The zero-order valence-corrected chi connectivity index (χ0v) is 6.65. The van der Waals surface area contributed by atoms with Gasteiger partial charge in [0.1, 0.15) is 0 Å². The van der Waals surface area contributed by atoms with E-state index in [-0.39, 0.29) is 5.91 Å². The number of hydrogen-bond acceptors (Lipinski definition) is 1. The van der Waals surface area contributed by atoms with Crippen molar-refractivity contribution in [2.45, 2.75) is 25.7 Å². The van der Waals surface area contributed by atoms with E-state index < -0.39 is 0 Å². The van der Waals surface area contributed by atoms with E-state index in [1.54, 1.807) is 7.05 Å². The highest BCUT2D eigenvalue weighted by atomic mass is 16.1. The molecule has 0 unspecified atom stereocenters. The number of quaternary nitrogens is 1. The first kappa shape index (κ1) is 9.43. The summed E-state index contributed by atoms with van der Waals surface area (Å²) >= 11 is 0. The zero-order valence-electron chi connectivity index (χ0n) is 6.65. The third kappa shape index (κ3) is 5.56. The third-order valence-corrected chi connectivity index (χ3v) is 1.43. The first-order valence-corrected chi connectivity index (χ1v) is 3.81. The number of amides is 1. The van der Waals surface area contributed by atoms with E-state index in [1.807, 2.05) is 0 Å². The molecular weight excluding hydrogens is 128 g/mol. The van der Waals surface area contributed by atoms with Crippen molar-refractivity contribution < 1.29 is 10.5 Å². The van der Waals surface area contributed by atoms with E-state index in [0.29, 0.717) is 6.42 Å². The van der Waals surface area contributed by atoms with Crippen molar-refractivity contribution >= 4 is 5.91 Å². The second-order valence-corrected chi connectivity index (χ2v) is 2.34. The summed E-state index contributed by atoms with van der Waals surface area (Å²) in [5.74, 6) is 0.143. The lowest BCUT2D eigenvalue weighted by Gasteiger charge is -1.96. The van der Waals surface area contributed by atoms with Crippen LogP contribution in [0, 0.1) is 0 Å². The van der Waals surface area contributed by atoms with Gasteiger partial charge in [0.05, 0.1) is 6.54 Å². The third-order valence-electron chi connectivity index (χ3n) is 1.43. The molecule has 0 heterocycles. The monoisotopic (exact) mass is 145 g/mol. The molecule has 0 rings (SSSR count). The van der Waals surface area contributed by atoms with Gasteiger partial charge < -0.3 is 11.1 Å². The van der Waals surface area contributed by atoms with Crippen molar-refractivity contribution in [3.63, 3.8) is 0 Å². The smallest absolute Gasteiger partial charge is 0.219 e. The Morgan fingerprint density at radius 1 is 1.40 bits per heavy atom. The average molecular weight is 145 g/mol. The summed E-state index contributed by atoms with van der Waals surface area (Å²) < 4.78 is 0. The molecular formula is C7H17N2O+. The standard InChI is InChI=1S/C7H16N2O/c1-9-7(10)5-3-2-4-6-8/h2-6,8H2,1H3,(H,9,10)/p+1. The number of unbranched alkanes of at least 4 members (excludes halogenated alkanes) is 2. The Labute approximate surface area is 62.0 Å². The summed E-state index contributed by atoms with van der Waals surface area (Å²) in [7, 11) is 1.67. The van der Waals surface area contributed by atoms with Gasteiger partial charge in [-0.05, 0) is 19.3 Å². The fourth-order valence-electron chi connectivity index (χ4n) is 0.764. The maximum atomic E-state index is 10.6. The molecule has 0 aliphatic carbocycles. The van der Waals surface area contributed by atoms with E-state index in [4.69, 9.17) is 0 Å². The maximum absolute atomic E-state index is 10.6. The average Bonchev–Trinajstić information content (AvgIpc) is 1.98. The van der Waals surface area contributed by atoms with Crippen molar-refractivity contribution in [2.75, 3.05) is 13.6 Å². The SMILES string of the molecule is CNC(=O)CCCCC[NH3+]. The molecule has 0 aliphatic heterocycles. The molecule has 0 bridgehead atoms. The van der Waals surface area contributed by atoms with Gasteiger partial charge in [-0.3, -0.25) is 4.79 Å². The lowest BCUT2D eigenvalue weighted by atomic mass is 10.2. The quantitative estimate of drug-likeness (QED) is 0.505. The van der Waals surface area contributed by atoms with Crippen LogP contribution in [0.25, 0.3) is 0 Å². The summed E-state index contributed by atoms with van der Waals surface area (Å²) in [6.45, 7) is 0.980. The van der Waals surface area contributed by atoms with Gasteiger partial charge in [-0.2, -0.15) is 0 Å². The van der Waals surface area contributed by atoms with Crippen molar-refractivity contribution in [3.8, 4) is 0 Å². The molecule has 0 saturated heterocycles. The molecule has 0 spiro atoms. The van der Waals surface area contributed by atoms with Gasteiger partial charge >= 0.3 is 0 Å². The van der Waals surface area contributed by atoms with E-state index in [0.717, 1.165) is 25.8 Å². The Morgan fingerprint density at radius 2 is 2.10 bits per heavy atom. The minimum absolute atomic E-state index is 0.143. The Balaban J connectivity index is 2.96. The highest BCUT2D eigenvalue weighted by Gasteiger charge is 1.95. The second kappa shape index (κ2) is 6.55. The van der Waals surface area contributed by atoms with Crippen LogP contribution in [0.3, 0.4) is 0 Å². The Morgan fingerprint density at radius 3 is 2.60 bits per heavy atom. The van der Waals surface area contributed by atoms with Crippen molar-refractivity contribution in [2.24, 2.45) is 0 Å². The van der Waals surface area contributed by atoms with Gasteiger partial charge in [0, 0.05) is 13.5 Å². The molecule has 10 heavy (non-hydrogen) atoms. The Kier molecular flexibility index (Phi) is 6.18. The molecule has 0 radical (unpaired) electrons. The van der Waals surface area contributed by atoms with Gasteiger partial charge in [-0.15, -0.1) is 0 Å². The van der Waals surface area contributed by atoms with E-state index >= 15 is 0 Å². The summed E-state index contributed by atoms with van der Waals surface area (Å²) in [5, 5.41) is 2.59. The van der Waals surface area contributed by atoms with E-state index in [9.17, 15) is 4.79 Å². The molecule has 0 saturated carbocycles. The maximum Gasteiger partial charge on any atom is 0.219 e. The van der Waals surface area contributed by atoms with Crippen LogP contribution in [0.15, 0.2) is 0 Å². The molecule has 0 aliphatic rings. The largest absolute Gasteiger partial charge is 0.359 e. The number of rotatable bonds is 5. The lowest BCUT2D eigenvalue weighted by molar-refractivity contribution is -0.368. The van der Waals surface area contributed by atoms with Crippen LogP contribution < -0.4 is 11.1 Å². The number of carbonyl (C=O) groups is 1. The normalized spacial score (nSPS) is 9.40. The first-order valence-electron chi connectivity index (χ1n) is 3.81. The van der Waals surface area contributed by atoms with Gasteiger partial charge in [-0.1, -0.05) is 0 Å². The highest BCUT2D eigenvalue weighted by Crippen LogP contribution is 1.96. The number of nitrogens with one attached hydrogen (secondary N) is 1. The van der Waals surface area contributed by atoms with Crippen molar-refractivity contribution in [1.82, 2.24) is 5.32 Å². The number of carbonyl (C=O) groups excluding carboxylic acids is 1. The van der Waals surface area contributed by atoms with Crippen LogP contribution in [0.1, 0.15) is 25.7 Å². The van der Waals surface area contributed by atoms with Crippen LogP contribution >= 0.6 is 0 Å². The van der Waals surface area contributed by atoms with Crippen LogP contribution in [-0.2, 0) is 4.79 Å². The van der Waals surface area contributed by atoms with Gasteiger partial charge in [-0.25, -0.2) is 0 Å². The zero-order chi connectivity index (χ0) is 7.82. The van der Waals surface area contributed by atoms with Crippen molar-refractivity contribution in [3.05, 3.63) is 0 Å². The predicted molar refractivity (Wildman–Crippen MR) is 40.3 cm³/mol. The highest BCUT2D eigenvalue weighted by molar-refractivity contribution is 5.75. The summed E-state index contributed by atoms with van der Waals surface area (Å²) in [4.78, 5) is 10.6. The Bertz CT molecular complexity index is 93.6. The topological polar surface area (TPSA) is 56.7 Å². The minimum atomic E-state index is 0.143. The molecule has 0 atom stereocenters. The minimum Gasteiger partial charge on any atom is -0.359 e. The molecule has 0 fully saturated rings. The lowest BCUT2D eigenvalue weighted by Crippen LogP contribution is -2.50.